The van der Waals surface area contributed by atoms with Gasteiger partial charge >= 0.3 is 6.16 Å². The van der Waals surface area contributed by atoms with Crippen LogP contribution >= 0.6 is 0 Å². The molecule has 2 aromatic carbocycles. The molecule has 164 valence electrons. The van der Waals surface area contributed by atoms with Crippen molar-refractivity contribution in [3.8, 4) is 5.75 Å². The van der Waals surface area contributed by atoms with Crippen molar-refractivity contribution in [2.24, 2.45) is 0 Å². The van der Waals surface area contributed by atoms with Crippen LogP contribution in [0.2, 0.25) is 0 Å². The molecule has 0 aromatic heterocycles. The number of amides is 2. The molecule has 1 saturated heterocycles. The van der Waals surface area contributed by atoms with Crippen molar-refractivity contribution in [3.05, 3.63) is 65.2 Å². The maximum absolute atomic E-state index is 12.7. The van der Waals surface area contributed by atoms with Crippen molar-refractivity contribution >= 4 is 18.0 Å². The monoisotopic (exact) mass is 424 g/mol. The smallest absolute Gasteiger partial charge is 0.434 e. The molecule has 3 rings (SSSR count). The summed E-state index contributed by atoms with van der Waals surface area (Å²) in [5, 5.41) is 3.09. The zero-order valence-corrected chi connectivity index (χ0v) is 17.9. The lowest BCUT2D eigenvalue weighted by atomic mass is 10.0. The first-order valence-electron chi connectivity index (χ1n) is 10.5. The average Bonchev–Trinajstić information content (AvgIpc) is 2.76. The van der Waals surface area contributed by atoms with Gasteiger partial charge in [0.25, 0.3) is 5.91 Å². The summed E-state index contributed by atoms with van der Waals surface area (Å²) in [7, 11) is 0. The molecule has 1 aliphatic rings. The Kier molecular flexibility index (Phi) is 7.65. The van der Waals surface area contributed by atoms with Crippen molar-refractivity contribution in [3.63, 3.8) is 0 Å². The topological polar surface area (TPSA) is 84.9 Å². The number of hydrogen-bond donors (Lipinski definition) is 1. The maximum Gasteiger partial charge on any atom is 0.513 e. The largest absolute Gasteiger partial charge is 0.513 e. The van der Waals surface area contributed by atoms with Crippen LogP contribution in [0, 0.1) is 6.92 Å². The van der Waals surface area contributed by atoms with Gasteiger partial charge in [-0.05, 0) is 62.1 Å². The van der Waals surface area contributed by atoms with Crippen LogP contribution in [0.15, 0.2) is 48.5 Å². The van der Waals surface area contributed by atoms with Gasteiger partial charge in [0.15, 0.2) is 0 Å². The molecule has 0 atom stereocenters. The molecule has 1 aliphatic heterocycles. The molecular formula is C24H28N2O5. The van der Waals surface area contributed by atoms with Gasteiger partial charge in [0.1, 0.15) is 5.75 Å². The van der Waals surface area contributed by atoms with E-state index in [1.165, 1.54) is 0 Å². The van der Waals surface area contributed by atoms with Crippen LogP contribution in [-0.4, -0.2) is 48.6 Å². The number of nitrogens with one attached hydrogen (secondary N) is 1. The minimum atomic E-state index is -0.770. The van der Waals surface area contributed by atoms with E-state index in [1.807, 2.05) is 31.2 Å². The third-order valence-corrected chi connectivity index (χ3v) is 5.32. The first-order valence-corrected chi connectivity index (χ1v) is 10.5. The normalized spacial score (nSPS) is 14.1. The standard InChI is InChI=1S/C24H28N2O5/c1-3-30-24(29)31-21-10-8-18(9-11-21)23(28)26-14-12-20(13-15-26)25-22(27)16-19-7-5-4-6-17(19)2/h4-11,20H,3,12-16H2,1-2H3,(H,25,27). The van der Waals surface area contributed by atoms with Crippen LogP contribution in [0.25, 0.3) is 0 Å². The summed E-state index contributed by atoms with van der Waals surface area (Å²) in [6.45, 7) is 5.09. The number of likely N-dealkylation sites (tertiary alicyclic amines) is 1. The van der Waals surface area contributed by atoms with Crippen molar-refractivity contribution in [1.29, 1.82) is 0 Å². The summed E-state index contributed by atoms with van der Waals surface area (Å²) >= 11 is 0. The maximum atomic E-state index is 12.7. The van der Waals surface area contributed by atoms with Crippen LogP contribution in [0.1, 0.15) is 41.3 Å². The molecule has 0 radical (unpaired) electrons. The Labute approximate surface area is 182 Å². The van der Waals surface area contributed by atoms with Gasteiger partial charge in [0.05, 0.1) is 13.0 Å². The van der Waals surface area contributed by atoms with Crippen LogP contribution in [0.5, 0.6) is 5.75 Å². The molecule has 1 heterocycles. The Morgan fingerprint density at radius 3 is 2.35 bits per heavy atom. The van der Waals surface area contributed by atoms with Gasteiger partial charge in [-0.25, -0.2) is 4.79 Å². The molecule has 2 aromatic rings. The number of hydrogen-bond acceptors (Lipinski definition) is 5. The molecule has 7 nitrogen and oxygen atoms in total. The molecule has 0 spiro atoms. The lowest BCUT2D eigenvalue weighted by molar-refractivity contribution is -0.121. The van der Waals surface area contributed by atoms with E-state index in [-0.39, 0.29) is 24.5 Å². The highest BCUT2D eigenvalue weighted by Gasteiger charge is 2.24. The van der Waals surface area contributed by atoms with Gasteiger partial charge in [-0.2, -0.15) is 0 Å². The molecule has 1 fully saturated rings. The van der Waals surface area contributed by atoms with Crippen molar-refractivity contribution in [2.45, 2.75) is 39.2 Å². The molecule has 0 unspecified atom stereocenters. The molecule has 7 heteroatoms. The summed E-state index contributed by atoms with van der Waals surface area (Å²) in [4.78, 5) is 38.3. The molecule has 1 N–H and O–H groups in total. The van der Waals surface area contributed by atoms with Crippen molar-refractivity contribution in [2.75, 3.05) is 19.7 Å². The number of carbonyl (C=O) groups excluding carboxylic acids is 3. The number of carbonyl (C=O) groups is 3. The van der Waals surface area contributed by atoms with Gasteiger partial charge < -0.3 is 19.7 Å². The van der Waals surface area contributed by atoms with E-state index < -0.39 is 6.16 Å². The Morgan fingerprint density at radius 2 is 1.71 bits per heavy atom. The lowest BCUT2D eigenvalue weighted by Gasteiger charge is -2.32. The Balaban J connectivity index is 1.46. The lowest BCUT2D eigenvalue weighted by Crippen LogP contribution is -2.46. The van der Waals surface area contributed by atoms with E-state index >= 15 is 0 Å². The summed E-state index contributed by atoms with van der Waals surface area (Å²) < 4.78 is 9.74. The second kappa shape index (κ2) is 10.6. The second-order valence-electron chi connectivity index (χ2n) is 7.55. The quantitative estimate of drug-likeness (QED) is 0.567. The number of nitrogens with zero attached hydrogens (tertiary/aromatic N) is 1. The number of benzene rings is 2. The summed E-state index contributed by atoms with van der Waals surface area (Å²) in [5.41, 5.74) is 2.66. The second-order valence-corrected chi connectivity index (χ2v) is 7.55. The number of rotatable bonds is 6. The number of ether oxygens (including phenoxy) is 2. The third kappa shape index (κ3) is 6.31. The van der Waals surface area contributed by atoms with E-state index in [2.05, 4.69) is 5.32 Å². The number of piperidine rings is 1. The van der Waals surface area contributed by atoms with Crippen LogP contribution < -0.4 is 10.1 Å². The fraction of sp³-hybridized carbons (Fsp3) is 0.375. The third-order valence-electron chi connectivity index (χ3n) is 5.32. The Morgan fingerprint density at radius 1 is 1.03 bits per heavy atom. The predicted molar refractivity (Wildman–Crippen MR) is 116 cm³/mol. The number of aryl methyl sites for hydroxylation is 1. The zero-order valence-electron chi connectivity index (χ0n) is 17.9. The van der Waals surface area contributed by atoms with Crippen LogP contribution in [0.3, 0.4) is 0 Å². The minimum Gasteiger partial charge on any atom is -0.434 e. The highest BCUT2D eigenvalue weighted by atomic mass is 16.7. The van der Waals surface area contributed by atoms with E-state index in [0.717, 1.165) is 24.0 Å². The molecule has 0 bridgehead atoms. The fourth-order valence-electron chi connectivity index (χ4n) is 3.58. The minimum absolute atomic E-state index is 0.0104. The van der Waals surface area contributed by atoms with Gasteiger partial charge in [-0.1, -0.05) is 24.3 Å². The van der Waals surface area contributed by atoms with Crippen LogP contribution in [-0.2, 0) is 16.0 Å². The van der Waals surface area contributed by atoms with E-state index in [0.29, 0.717) is 30.8 Å². The molecule has 0 saturated carbocycles. The Hall–Kier alpha value is -3.35. The van der Waals surface area contributed by atoms with Gasteiger partial charge in [-0.15, -0.1) is 0 Å². The van der Waals surface area contributed by atoms with E-state index in [9.17, 15) is 14.4 Å². The summed E-state index contributed by atoms with van der Waals surface area (Å²) in [5.74, 6) is 0.258. The summed E-state index contributed by atoms with van der Waals surface area (Å²) in [6, 6.07) is 14.4. The van der Waals surface area contributed by atoms with E-state index in [4.69, 9.17) is 9.47 Å². The van der Waals surface area contributed by atoms with Gasteiger partial charge in [0, 0.05) is 24.7 Å². The zero-order chi connectivity index (χ0) is 22.2. The first-order chi connectivity index (χ1) is 15.0. The predicted octanol–water partition coefficient (Wildman–Crippen LogP) is 3.49. The molecular weight excluding hydrogens is 396 g/mol. The molecule has 31 heavy (non-hydrogen) atoms. The van der Waals surface area contributed by atoms with Crippen LogP contribution in [0.4, 0.5) is 4.79 Å². The average molecular weight is 424 g/mol. The van der Waals surface area contributed by atoms with Crippen molar-refractivity contribution in [1.82, 2.24) is 10.2 Å². The van der Waals surface area contributed by atoms with E-state index in [1.54, 1.807) is 36.1 Å². The summed E-state index contributed by atoms with van der Waals surface area (Å²) in [6.07, 6.45) is 1.03. The Bertz CT molecular complexity index is 918. The molecule has 0 aliphatic carbocycles. The molecule has 2 amide bonds. The van der Waals surface area contributed by atoms with Gasteiger partial charge in [-0.3, -0.25) is 9.59 Å². The van der Waals surface area contributed by atoms with Crippen molar-refractivity contribution < 1.29 is 23.9 Å². The SMILES string of the molecule is CCOC(=O)Oc1ccc(C(=O)N2CCC(NC(=O)Cc3ccccc3C)CC2)cc1. The van der Waals surface area contributed by atoms with Gasteiger partial charge in [0.2, 0.25) is 5.91 Å². The first kappa shape index (κ1) is 22.3. The highest BCUT2D eigenvalue weighted by molar-refractivity contribution is 5.94. The fourth-order valence-corrected chi connectivity index (χ4v) is 3.58. The highest BCUT2D eigenvalue weighted by Crippen LogP contribution is 2.18.